The summed E-state index contributed by atoms with van der Waals surface area (Å²) < 4.78 is 5.44. The summed E-state index contributed by atoms with van der Waals surface area (Å²) >= 11 is 0. The van der Waals surface area contributed by atoms with Gasteiger partial charge in [-0.2, -0.15) is 0 Å². The maximum Gasteiger partial charge on any atom is 0.0472 e. The molecule has 0 aromatic rings. The van der Waals surface area contributed by atoms with Gasteiger partial charge in [-0.25, -0.2) is 0 Å². The first-order chi connectivity index (χ1) is 6.25. The van der Waals surface area contributed by atoms with E-state index < -0.39 is 0 Å². The monoisotopic (exact) mass is 184 g/mol. The second kappa shape index (κ2) is 3.56. The van der Waals surface area contributed by atoms with Crippen molar-refractivity contribution in [2.75, 3.05) is 40.4 Å². The summed E-state index contributed by atoms with van der Waals surface area (Å²) in [5, 5.41) is 3.52. The van der Waals surface area contributed by atoms with Gasteiger partial charge in [0.15, 0.2) is 0 Å². The minimum Gasteiger partial charge on any atom is -0.381 e. The summed E-state index contributed by atoms with van der Waals surface area (Å²) in [5.41, 5.74) is 0.502. The van der Waals surface area contributed by atoms with Crippen LogP contribution in [-0.4, -0.2) is 51.3 Å². The lowest BCUT2D eigenvalue weighted by atomic mass is 9.75. The van der Waals surface area contributed by atoms with E-state index in [4.69, 9.17) is 4.74 Å². The van der Waals surface area contributed by atoms with Crippen LogP contribution in [-0.2, 0) is 4.74 Å². The molecule has 1 N–H and O–H groups in total. The number of rotatable bonds is 1. The Hall–Kier alpha value is -0.120. The van der Waals surface area contributed by atoms with E-state index in [1.54, 1.807) is 0 Å². The third-order valence-electron chi connectivity index (χ3n) is 3.63. The lowest BCUT2D eigenvalue weighted by molar-refractivity contribution is -0.00613. The largest absolute Gasteiger partial charge is 0.381 e. The lowest BCUT2D eigenvalue weighted by Gasteiger charge is -2.40. The molecule has 0 radical (unpaired) electrons. The summed E-state index contributed by atoms with van der Waals surface area (Å²) in [6.07, 6.45) is 2.45. The van der Waals surface area contributed by atoms with E-state index in [2.05, 4.69) is 24.3 Å². The molecule has 2 rings (SSSR count). The van der Waals surface area contributed by atoms with Crippen molar-refractivity contribution >= 4 is 0 Å². The Morgan fingerprint density at radius 2 is 2.00 bits per heavy atom. The molecule has 76 valence electrons. The van der Waals surface area contributed by atoms with Crippen LogP contribution in [0.2, 0.25) is 0 Å². The molecule has 1 atom stereocenters. The van der Waals surface area contributed by atoms with E-state index in [1.165, 1.54) is 19.4 Å². The Morgan fingerprint density at radius 3 is 2.62 bits per heavy atom. The zero-order chi connectivity index (χ0) is 9.31. The second-order valence-corrected chi connectivity index (χ2v) is 4.59. The number of likely N-dealkylation sites (N-methyl/N-ethyl adjacent to an activating group) is 1. The third kappa shape index (κ3) is 1.60. The Labute approximate surface area is 80.4 Å². The molecule has 3 nitrogen and oxygen atoms in total. The van der Waals surface area contributed by atoms with Crippen molar-refractivity contribution in [3.05, 3.63) is 0 Å². The molecule has 2 aliphatic heterocycles. The third-order valence-corrected chi connectivity index (χ3v) is 3.63. The van der Waals surface area contributed by atoms with Gasteiger partial charge in [0.1, 0.15) is 0 Å². The molecule has 2 fully saturated rings. The highest BCUT2D eigenvalue weighted by Crippen LogP contribution is 2.38. The van der Waals surface area contributed by atoms with Gasteiger partial charge in [0.2, 0.25) is 0 Å². The fraction of sp³-hybridized carbons (Fsp3) is 1.00. The predicted octanol–water partition coefficient (Wildman–Crippen LogP) is 0.317. The van der Waals surface area contributed by atoms with E-state index >= 15 is 0 Å². The molecule has 0 aromatic heterocycles. The number of ether oxygens (including phenoxy) is 1. The van der Waals surface area contributed by atoms with Gasteiger partial charge in [-0.15, -0.1) is 0 Å². The predicted molar refractivity (Wildman–Crippen MR) is 52.8 cm³/mol. The topological polar surface area (TPSA) is 24.5 Å². The zero-order valence-electron chi connectivity index (χ0n) is 8.68. The molecule has 3 heteroatoms. The Balaban J connectivity index is 2.09. The van der Waals surface area contributed by atoms with Gasteiger partial charge in [-0.05, 0) is 26.9 Å². The van der Waals surface area contributed by atoms with Crippen LogP contribution in [0.15, 0.2) is 0 Å². The summed E-state index contributed by atoms with van der Waals surface area (Å²) in [6, 6.07) is 0.705. The first-order valence-corrected chi connectivity index (χ1v) is 5.19. The van der Waals surface area contributed by atoms with E-state index in [-0.39, 0.29) is 0 Å². The number of nitrogens with zero attached hydrogens (tertiary/aromatic N) is 1. The molecule has 1 unspecified atom stereocenters. The SMILES string of the molecule is CN(C)C1CNCC12CCOCC2. The Kier molecular flexibility index (Phi) is 2.58. The van der Waals surface area contributed by atoms with Crippen LogP contribution < -0.4 is 5.32 Å². The van der Waals surface area contributed by atoms with Crippen LogP contribution in [0.25, 0.3) is 0 Å². The van der Waals surface area contributed by atoms with E-state index in [9.17, 15) is 0 Å². The van der Waals surface area contributed by atoms with Crippen LogP contribution in [0, 0.1) is 5.41 Å². The molecular formula is C10H20N2O. The van der Waals surface area contributed by atoms with Crippen molar-refractivity contribution in [3.63, 3.8) is 0 Å². The standard InChI is InChI=1S/C10H20N2O/c1-12(2)9-7-11-8-10(9)3-5-13-6-4-10/h9,11H,3-8H2,1-2H3. The highest BCUT2D eigenvalue weighted by molar-refractivity contribution is 5.00. The van der Waals surface area contributed by atoms with Crippen molar-refractivity contribution < 1.29 is 4.74 Å². The molecule has 0 bridgehead atoms. The average Bonchev–Trinajstić information content (AvgIpc) is 2.50. The summed E-state index contributed by atoms with van der Waals surface area (Å²) in [7, 11) is 4.38. The molecule has 1 spiro atoms. The van der Waals surface area contributed by atoms with Crippen molar-refractivity contribution in [1.82, 2.24) is 10.2 Å². The summed E-state index contributed by atoms with van der Waals surface area (Å²) in [5.74, 6) is 0. The zero-order valence-corrected chi connectivity index (χ0v) is 8.68. The average molecular weight is 184 g/mol. The smallest absolute Gasteiger partial charge is 0.0472 e. The second-order valence-electron chi connectivity index (χ2n) is 4.59. The summed E-state index contributed by atoms with van der Waals surface area (Å²) in [6.45, 7) is 4.23. The summed E-state index contributed by atoms with van der Waals surface area (Å²) in [4.78, 5) is 2.37. The molecule has 2 heterocycles. The normalized spacial score (nSPS) is 33.0. The van der Waals surface area contributed by atoms with Gasteiger partial charge < -0.3 is 15.0 Å². The van der Waals surface area contributed by atoms with Crippen molar-refractivity contribution in [2.24, 2.45) is 5.41 Å². The van der Waals surface area contributed by atoms with E-state index in [1.807, 2.05) is 0 Å². The van der Waals surface area contributed by atoms with Crippen LogP contribution in [0.3, 0.4) is 0 Å². The minimum atomic E-state index is 0.502. The number of nitrogens with one attached hydrogen (secondary N) is 1. The van der Waals surface area contributed by atoms with Gasteiger partial charge >= 0.3 is 0 Å². The molecule has 0 amide bonds. The van der Waals surface area contributed by atoms with Gasteiger partial charge in [-0.3, -0.25) is 0 Å². The maximum atomic E-state index is 5.44. The molecule has 0 saturated carbocycles. The van der Waals surface area contributed by atoms with Crippen molar-refractivity contribution in [1.29, 1.82) is 0 Å². The molecule has 2 aliphatic rings. The lowest BCUT2D eigenvalue weighted by Crippen LogP contribution is -2.46. The van der Waals surface area contributed by atoms with Gasteiger partial charge in [0, 0.05) is 37.8 Å². The molecule has 0 aromatic carbocycles. The number of hydrogen-bond acceptors (Lipinski definition) is 3. The first-order valence-electron chi connectivity index (χ1n) is 5.19. The minimum absolute atomic E-state index is 0.502. The quantitative estimate of drug-likeness (QED) is 0.635. The van der Waals surface area contributed by atoms with Crippen LogP contribution in [0.1, 0.15) is 12.8 Å². The maximum absolute atomic E-state index is 5.44. The van der Waals surface area contributed by atoms with E-state index in [0.717, 1.165) is 19.8 Å². The highest BCUT2D eigenvalue weighted by Gasteiger charge is 2.44. The van der Waals surface area contributed by atoms with Crippen molar-refractivity contribution in [3.8, 4) is 0 Å². The Bertz CT molecular complexity index is 176. The molecule has 2 saturated heterocycles. The molecular weight excluding hydrogens is 164 g/mol. The first kappa shape index (κ1) is 9.44. The van der Waals surface area contributed by atoms with Gasteiger partial charge in [0.05, 0.1) is 0 Å². The van der Waals surface area contributed by atoms with Gasteiger partial charge in [-0.1, -0.05) is 0 Å². The van der Waals surface area contributed by atoms with Gasteiger partial charge in [0.25, 0.3) is 0 Å². The fourth-order valence-electron chi connectivity index (χ4n) is 2.81. The van der Waals surface area contributed by atoms with E-state index in [0.29, 0.717) is 11.5 Å². The van der Waals surface area contributed by atoms with Crippen molar-refractivity contribution in [2.45, 2.75) is 18.9 Å². The van der Waals surface area contributed by atoms with Crippen LogP contribution in [0.5, 0.6) is 0 Å². The van der Waals surface area contributed by atoms with Crippen LogP contribution >= 0.6 is 0 Å². The van der Waals surface area contributed by atoms with Crippen LogP contribution in [0.4, 0.5) is 0 Å². The molecule has 13 heavy (non-hydrogen) atoms. The number of hydrogen-bond donors (Lipinski definition) is 1. The fourth-order valence-corrected chi connectivity index (χ4v) is 2.81. The molecule has 0 aliphatic carbocycles. The Morgan fingerprint density at radius 1 is 1.31 bits per heavy atom. The highest BCUT2D eigenvalue weighted by atomic mass is 16.5.